The van der Waals surface area contributed by atoms with Crippen LogP contribution >= 0.6 is 0 Å². The summed E-state index contributed by atoms with van der Waals surface area (Å²) in [6.45, 7) is 0. The van der Waals surface area contributed by atoms with Crippen molar-refractivity contribution in [2.45, 2.75) is 0 Å². The summed E-state index contributed by atoms with van der Waals surface area (Å²) in [5.74, 6) is -0.336. The lowest BCUT2D eigenvalue weighted by Gasteiger charge is -1.99. The summed E-state index contributed by atoms with van der Waals surface area (Å²) in [6, 6.07) is 5.31. The quantitative estimate of drug-likeness (QED) is 0.638. The predicted octanol–water partition coefficient (Wildman–Crippen LogP) is 1.36. The van der Waals surface area contributed by atoms with Crippen molar-refractivity contribution in [3.05, 3.63) is 30.1 Å². The maximum absolute atomic E-state index is 11.2. The lowest BCUT2D eigenvalue weighted by Crippen LogP contribution is -2.00. The van der Waals surface area contributed by atoms with Gasteiger partial charge in [-0.15, -0.1) is 0 Å². The number of rotatable bonds is 1. The van der Waals surface area contributed by atoms with Crippen molar-refractivity contribution in [1.82, 2.24) is 9.55 Å². The standard InChI is InChI=1S/C10H10N2O2/c1-12-6-11-8-5-7(10(13)14-2)3-4-9(8)12/h3-6H,1-2H3. The second kappa shape index (κ2) is 3.14. The van der Waals surface area contributed by atoms with Crippen molar-refractivity contribution < 1.29 is 9.53 Å². The molecule has 72 valence electrons. The molecule has 0 N–H and O–H groups in total. The Bertz CT molecular complexity index is 488. The van der Waals surface area contributed by atoms with E-state index in [2.05, 4.69) is 9.72 Å². The Hall–Kier alpha value is -1.84. The smallest absolute Gasteiger partial charge is 0.337 e. The molecule has 0 fully saturated rings. The number of methoxy groups -OCH3 is 1. The van der Waals surface area contributed by atoms with E-state index in [1.165, 1.54) is 7.11 Å². The van der Waals surface area contributed by atoms with Gasteiger partial charge in [0.2, 0.25) is 0 Å². The molecule has 0 amide bonds. The summed E-state index contributed by atoms with van der Waals surface area (Å²) in [6.07, 6.45) is 1.71. The molecule has 2 aromatic rings. The van der Waals surface area contributed by atoms with Gasteiger partial charge >= 0.3 is 5.97 Å². The van der Waals surface area contributed by atoms with Gasteiger partial charge in [-0.05, 0) is 18.2 Å². The van der Waals surface area contributed by atoms with E-state index in [1.54, 1.807) is 18.5 Å². The monoisotopic (exact) mass is 190 g/mol. The van der Waals surface area contributed by atoms with Gasteiger partial charge in [0, 0.05) is 7.05 Å². The number of hydrogen-bond donors (Lipinski definition) is 0. The number of hydrogen-bond acceptors (Lipinski definition) is 3. The van der Waals surface area contributed by atoms with Crippen molar-refractivity contribution in [3.8, 4) is 0 Å². The van der Waals surface area contributed by atoms with Crippen molar-refractivity contribution in [3.63, 3.8) is 0 Å². The summed E-state index contributed by atoms with van der Waals surface area (Å²) in [7, 11) is 3.28. The van der Waals surface area contributed by atoms with Gasteiger partial charge in [0.1, 0.15) is 0 Å². The minimum atomic E-state index is -0.336. The number of esters is 1. The van der Waals surface area contributed by atoms with Crippen LogP contribution in [0.2, 0.25) is 0 Å². The number of nitrogens with zero attached hydrogens (tertiary/aromatic N) is 2. The fraction of sp³-hybridized carbons (Fsp3) is 0.200. The number of aryl methyl sites for hydroxylation is 1. The molecular formula is C10H10N2O2. The average molecular weight is 190 g/mol. The zero-order valence-corrected chi connectivity index (χ0v) is 8.02. The number of carbonyl (C=O) groups excluding carboxylic acids is 1. The Morgan fingerprint density at radius 1 is 1.50 bits per heavy atom. The van der Waals surface area contributed by atoms with Crippen molar-refractivity contribution in [2.24, 2.45) is 7.05 Å². The van der Waals surface area contributed by atoms with E-state index in [-0.39, 0.29) is 5.97 Å². The van der Waals surface area contributed by atoms with Crippen LogP contribution in [0, 0.1) is 0 Å². The van der Waals surface area contributed by atoms with Gasteiger partial charge < -0.3 is 9.30 Å². The van der Waals surface area contributed by atoms with Crippen LogP contribution in [0.3, 0.4) is 0 Å². The second-order valence-electron chi connectivity index (χ2n) is 3.05. The number of imidazole rings is 1. The lowest BCUT2D eigenvalue weighted by atomic mass is 10.2. The van der Waals surface area contributed by atoms with E-state index in [4.69, 9.17) is 0 Å². The average Bonchev–Trinajstić information content (AvgIpc) is 2.59. The first-order valence-electron chi connectivity index (χ1n) is 4.22. The molecule has 0 radical (unpaired) electrons. The van der Waals surface area contributed by atoms with E-state index < -0.39 is 0 Å². The molecule has 0 aliphatic carbocycles. The van der Waals surface area contributed by atoms with Gasteiger partial charge in [-0.25, -0.2) is 9.78 Å². The number of carbonyl (C=O) groups is 1. The third-order valence-electron chi connectivity index (χ3n) is 2.15. The zero-order chi connectivity index (χ0) is 10.1. The maximum atomic E-state index is 11.2. The van der Waals surface area contributed by atoms with Gasteiger partial charge in [-0.2, -0.15) is 0 Å². The normalized spacial score (nSPS) is 10.4. The fourth-order valence-corrected chi connectivity index (χ4v) is 1.38. The van der Waals surface area contributed by atoms with Crippen LogP contribution in [-0.2, 0) is 11.8 Å². The molecule has 0 atom stereocenters. The molecule has 0 spiro atoms. The fourth-order valence-electron chi connectivity index (χ4n) is 1.38. The third kappa shape index (κ3) is 1.25. The Labute approximate surface area is 81.1 Å². The third-order valence-corrected chi connectivity index (χ3v) is 2.15. The van der Waals surface area contributed by atoms with Crippen LogP contribution < -0.4 is 0 Å². The molecule has 0 saturated heterocycles. The molecule has 14 heavy (non-hydrogen) atoms. The summed E-state index contributed by atoms with van der Waals surface area (Å²) in [4.78, 5) is 15.4. The lowest BCUT2D eigenvalue weighted by molar-refractivity contribution is 0.0601. The van der Waals surface area contributed by atoms with Gasteiger partial charge in [0.25, 0.3) is 0 Å². The minimum absolute atomic E-state index is 0.336. The van der Waals surface area contributed by atoms with Gasteiger partial charge in [0.05, 0.1) is 30.0 Å². The molecular weight excluding hydrogens is 180 g/mol. The van der Waals surface area contributed by atoms with Crippen LogP contribution in [0.1, 0.15) is 10.4 Å². The van der Waals surface area contributed by atoms with Crippen LogP contribution in [0.4, 0.5) is 0 Å². The molecule has 0 saturated carbocycles. The molecule has 0 bridgehead atoms. The topological polar surface area (TPSA) is 44.1 Å². The van der Waals surface area contributed by atoms with E-state index in [1.807, 2.05) is 17.7 Å². The molecule has 1 aromatic heterocycles. The Balaban J connectivity index is 2.57. The molecule has 0 unspecified atom stereocenters. The summed E-state index contributed by atoms with van der Waals surface area (Å²) in [5.41, 5.74) is 2.33. The van der Waals surface area contributed by atoms with Crippen LogP contribution in [0.15, 0.2) is 24.5 Å². The first kappa shape index (κ1) is 8.74. The summed E-state index contributed by atoms with van der Waals surface area (Å²) < 4.78 is 6.52. The highest BCUT2D eigenvalue weighted by Gasteiger charge is 2.07. The highest BCUT2D eigenvalue weighted by Crippen LogP contribution is 2.14. The number of aromatic nitrogens is 2. The van der Waals surface area contributed by atoms with Gasteiger partial charge in [-0.1, -0.05) is 0 Å². The molecule has 4 nitrogen and oxygen atoms in total. The highest BCUT2D eigenvalue weighted by molar-refractivity contribution is 5.93. The highest BCUT2D eigenvalue weighted by atomic mass is 16.5. The Kier molecular flexibility index (Phi) is 1.96. The Morgan fingerprint density at radius 2 is 2.29 bits per heavy atom. The van der Waals surface area contributed by atoms with E-state index in [9.17, 15) is 4.79 Å². The molecule has 1 heterocycles. The maximum Gasteiger partial charge on any atom is 0.337 e. The van der Waals surface area contributed by atoms with Crippen molar-refractivity contribution in [2.75, 3.05) is 7.11 Å². The molecule has 4 heteroatoms. The number of benzene rings is 1. The minimum Gasteiger partial charge on any atom is -0.465 e. The molecule has 1 aromatic carbocycles. The van der Waals surface area contributed by atoms with Gasteiger partial charge in [-0.3, -0.25) is 0 Å². The predicted molar refractivity (Wildman–Crippen MR) is 52.1 cm³/mol. The number of ether oxygens (including phenoxy) is 1. The zero-order valence-electron chi connectivity index (χ0n) is 8.02. The molecule has 2 rings (SSSR count). The molecule has 0 aliphatic heterocycles. The van der Waals surface area contributed by atoms with Crippen molar-refractivity contribution >= 4 is 17.0 Å². The first-order chi connectivity index (χ1) is 6.72. The van der Waals surface area contributed by atoms with E-state index >= 15 is 0 Å². The van der Waals surface area contributed by atoms with Crippen LogP contribution in [0.25, 0.3) is 11.0 Å². The number of fused-ring (bicyclic) bond motifs is 1. The largest absolute Gasteiger partial charge is 0.465 e. The van der Waals surface area contributed by atoms with Crippen molar-refractivity contribution in [1.29, 1.82) is 0 Å². The van der Waals surface area contributed by atoms with E-state index in [0.717, 1.165) is 11.0 Å². The first-order valence-corrected chi connectivity index (χ1v) is 4.22. The van der Waals surface area contributed by atoms with Crippen LogP contribution in [-0.4, -0.2) is 22.6 Å². The second-order valence-corrected chi connectivity index (χ2v) is 3.05. The SMILES string of the molecule is COC(=O)c1ccc2c(c1)ncn2C. The summed E-state index contributed by atoms with van der Waals surface area (Å²) in [5, 5.41) is 0. The van der Waals surface area contributed by atoms with E-state index in [0.29, 0.717) is 5.56 Å². The Morgan fingerprint density at radius 3 is 3.00 bits per heavy atom. The summed E-state index contributed by atoms with van der Waals surface area (Å²) >= 11 is 0. The van der Waals surface area contributed by atoms with Crippen LogP contribution in [0.5, 0.6) is 0 Å². The van der Waals surface area contributed by atoms with Gasteiger partial charge in [0.15, 0.2) is 0 Å². The molecule has 0 aliphatic rings.